The van der Waals surface area contributed by atoms with Gasteiger partial charge < -0.3 is 15.4 Å². The van der Waals surface area contributed by atoms with Gasteiger partial charge in [-0.05, 0) is 71.4 Å². The maximum Gasteiger partial charge on any atom is 0.265 e. The molecular formula is C21H17BrClN3O3. The maximum atomic E-state index is 12.4. The normalized spacial score (nSPS) is 11.4. The Balaban J connectivity index is 1.63. The molecule has 6 nitrogen and oxygen atoms in total. The number of aromatic nitrogens is 1. The lowest BCUT2D eigenvalue weighted by Gasteiger charge is -2.15. The number of carbonyl (C=O) groups excluding carboxylic acids is 2. The number of nitrogens with one attached hydrogen (secondary N) is 2. The number of halogens is 2. The summed E-state index contributed by atoms with van der Waals surface area (Å²) in [7, 11) is 0. The van der Waals surface area contributed by atoms with Crippen molar-refractivity contribution in [1.82, 2.24) is 4.98 Å². The summed E-state index contributed by atoms with van der Waals surface area (Å²) >= 11 is 9.22. The number of anilines is 2. The largest absolute Gasteiger partial charge is 0.481 e. The van der Waals surface area contributed by atoms with Crippen LogP contribution in [-0.4, -0.2) is 22.9 Å². The first-order valence-electron chi connectivity index (χ1n) is 8.67. The molecule has 0 aliphatic carbocycles. The van der Waals surface area contributed by atoms with Crippen LogP contribution in [0.1, 0.15) is 17.3 Å². The number of benzene rings is 2. The Morgan fingerprint density at radius 2 is 1.86 bits per heavy atom. The van der Waals surface area contributed by atoms with Crippen molar-refractivity contribution in [1.29, 1.82) is 0 Å². The monoisotopic (exact) mass is 473 g/mol. The summed E-state index contributed by atoms with van der Waals surface area (Å²) < 4.78 is 6.42. The minimum absolute atomic E-state index is 0.334. The van der Waals surface area contributed by atoms with Crippen LogP contribution in [0.2, 0.25) is 5.02 Å². The van der Waals surface area contributed by atoms with Crippen LogP contribution >= 0.6 is 27.5 Å². The third-order valence-electron chi connectivity index (χ3n) is 3.84. The molecule has 0 fully saturated rings. The van der Waals surface area contributed by atoms with E-state index in [4.69, 9.17) is 16.3 Å². The molecule has 0 radical (unpaired) electrons. The van der Waals surface area contributed by atoms with Gasteiger partial charge >= 0.3 is 0 Å². The van der Waals surface area contributed by atoms with Gasteiger partial charge in [0, 0.05) is 26.9 Å². The fourth-order valence-corrected chi connectivity index (χ4v) is 2.83. The molecule has 2 N–H and O–H groups in total. The molecule has 0 saturated heterocycles. The number of ether oxygens (including phenoxy) is 1. The highest BCUT2D eigenvalue weighted by atomic mass is 79.9. The van der Waals surface area contributed by atoms with Gasteiger partial charge in [0.2, 0.25) is 0 Å². The zero-order valence-electron chi connectivity index (χ0n) is 15.4. The van der Waals surface area contributed by atoms with Crippen LogP contribution in [0.5, 0.6) is 5.75 Å². The van der Waals surface area contributed by atoms with Gasteiger partial charge in [-0.2, -0.15) is 0 Å². The molecule has 0 bridgehead atoms. The summed E-state index contributed by atoms with van der Waals surface area (Å²) in [6.45, 7) is 1.63. The van der Waals surface area contributed by atoms with E-state index < -0.39 is 6.10 Å². The molecule has 8 heteroatoms. The zero-order valence-corrected chi connectivity index (χ0v) is 17.7. The topological polar surface area (TPSA) is 80.3 Å². The molecule has 2 aromatic carbocycles. The van der Waals surface area contributed by atoms with Crippen molar-refractivity contribution >= 4 is 50.9 Å². The van der Waals surface area contributed by atoms with E-state index in [-0.39, 0.29) is 11.8 Å². The van der Waals surface area contributed by atoms with Gasteiger partial charge in [-0.1, -0.05) is 23.7 Å². The second-order valence-electron chi connectivity index (χ2n) is 6.10. The van der Waals surface area contributed by atoms with Gasteiger partial charge in [0.05, 0.1) is 0 Å². The molecule has 0 saturated carbocycles. The van der Waals surface area contributed by atoms with E-state index in [1.807, 2.05) is 0 Å². The molecule has 0 spiro atoms. The Morgan fingerprint density at radius 1 is 1.07 bits per heavy atom. The highest BCUT2D eigenvalue weighted by Gasteiger charge is 2.16. The second kappa shape index (κ2) is 9.54. The first-order valence-corrected chi connectivity index (χ1v) is 9.84. The van der Waals surface area contributed by atoms with Crippen LogP contribution in [-0.2, 0) is 4.79 Å². The fourth-order valence-electron chi connectivity index (χ4n) is 2.42. The van der Waals surface area contributed by atoms with Crippen molar-refractivity contribution in [3.63, 3.8) is 0 Å². The molecule has 1 atom stereocenters. The third-order valence-corrected chi connectivity index (χ3v) is 4.54. The summed E-state index contributed by atoms with van der Waals surface area (Å²) in [6, 6.07) is 16.9. The van der Waals surface area contributed by atoms with Gasteiger partial charge in [0.25, 0.3) is 11.8 Å². The highest BCUT2D eigenvalue weighted by Crippen LogP contribution is 2.19. The molecule has 2 amide bonds. The Kier molecular flexibility index (Phi) is 6.85. The molecule has 148 valence electrons. The minimum Gasteiger partial charge on any atom is -0.481 e. The second-order valence-corrected chi connectivity index (χ2v) is 7.46. The number of hydrogen-bond acceptors (Lipinski definition) is 4. The molecule has 1 aromatic heterocycles. The molecule has 0 aliphatic rings. The van der Waals surface area contributed by atoms with Crippen molar-refractivity contribution in [3.05, 3.63) is 81.9 Å². The Morgan fingerprint density at radius 3 is 2.59 bits per heavy atom. The van der Waals surface area contributed by atoms with Crippen LogP contribution in [0.15, 0.2) is 71.3 Å². The number of hydrogen-bond donors (Lipinski definition) is 2. The Hall–Kier alpha value is -2.90. The highest BCUT2D eigenvalue weighted by molar-refractivity contribution is 9.10. The Labute approximate surface area is 181 Å². The molecule has 1 unspecified atom stereocenters. The lowest BCUT2D eigenvalue weighted by Crippen LogP contribution is -2.30. The number of amides is 2. The van der Waals surface area contributed by atoms with E-state index in [0.29, 0.717) is 27.8 Å². The SMILES string of the molecule is CC(Oc1cccc(Cl)c1)C(=O)Nc1cccc(C(=O)Nc2ccc(Br)cn2)c1. The number of rotatable bonds is 6. The van der Waals surface area contributed by atoms with Crippen molar-refractivity contribution in [2.75, 3.05) is 10.6 Å². The first-order chi connectivity index (χ1) is 13.9. The van der Waals surface area contributed by atoms with Crippen LogP contribution < -0.4 is 15.4 Å². The smallest absolute Gasteiger partial charge is 0.265 e. The number of carbonyl (C=O) groups is 2. The van der Waals surface area contributed by atoms with E-state index in [1.165, 1.54) is 0 Å². The lowest BCUT2D eigenvalue weighted by atomic mass is 10.2. The standard InChI is InChI=1S/C21H17BrClN3O3/c1-13(29-18-7-3-5-16(23)11-18)20(27)25-17-6-2-4-14(10-17)21(28)26-19-9-8-15(22)12-24-19/h2-13H,1H3,(H,25,27)(H,24,26,28). The van der Waals surface area contributed by atoms with Crippen LogP contribution in [0.25, 0.3) is 0 Å². The number of pyridine rings is 1. The summed E-state index contributed by atoms with van der Waals surface area (Å²) in [5.74, 6) is 0.239. The first kappa shape index (κ1) is 20.8. The molecule has 3 rings (SSSR count). The van der Waals surface area contributed by atoms with E-state index >= 15 is 0 Å². The van der Waals surface area contributed by atoms with E-state index in [0.717, 1.165) is 4.47 Å². The van der Waals surface area contributed by atoms with Gasteiger partial charge in [0.1, 0.15) is 11.6 Å². The Bertz CT molecular complexity index is 1030. The van der Waals surface area contributed by atoms with Gasteiger partial charge in [-0.3, -0.25) is 9.59 Å². The summed E-state index contributed by atoms with van der Waals surface area (Å²) in [5.41, 5.74) is 0.865. The molecule has 0 aliphatic heterocycles. The molecule has 3 aromatic rings. The van der Waals surface area contributed by atoms with Crippen LogP contribution in [0.4, 0.5) is 11.5 Å². The van der Waals surface area contributed by atoms with Crippen molar-refractivity contribution in [2.24, 2.45) is 0 Å². The average Bonchev–Trinajstić information content (AvgIpc) is 2.70. The van der Waals surface area contributed by atoms with E-state index in [1.54, 1.807) is 73.8 Å². The zero-order chi connectivity index (χ0) is 20.8. The maximum absolute atomic E-state index is 12.4. The average molecular weight is 475 g/mol. The fraction of sp³-hybridized carbons (Fsp3) is 0.0952. The van der Waals surface area contributed by atoms with Crippen LogP contribution in [0.3, 0.4) is 0 Å². The van der Waals surface area contributed by atoms with Gasteiger partial charge in [-0.15, -0.1) is 0 Å². The van der Waals surface area contributed by atoms with E-state index in [2.05, 4.69) is 31.5 Å². The lowest BCUT2D eigenvalue weighted by molar-refractivity contribution is -0.122. The summed E-state index contributed by atoms with van der Waals surface area (Å²) in [5, 5.41) is 5.97. The van der Waals surface area contributed by atoms with Gasteiger partial charge in [-0.25, -0.2) is 4.98 Å². The summed E-state index contributed by atoms with van der Waals surface area (Å²) in [4.78, 5) is 29.0. The van der Waals surface area contributed by atoms with Crippen molar-refractivity contribution in [2.45, 2.75) is 13.0 Å². The van der Waals surface area contributed by atoms with Gasteiger partial charge in [0.15, 0.2) is 6.10 Å². The van der Waals surface area contributed by atoms with Crippen molar-refractivity contribution < 1.29 is 14.3 Å². The third kappa shape index (κ3) is 6.04. The predicted molar refractivity (Wildman–Crippen MR) is 117 cm³/mol. The molecular weight excluding hydrogens is 458 g/mol. The molecule has 1 heterocycles. The minimum atomic E-state index is -0.752. The van der Waals surface area contributed by atoms with Crippen molar-refractivity contribution in [3.8, 4) is 5.75 Å². The predicted octanol–water partition coefficient (Wildman–Crippen LogP) is 5.16. The quantitative estimate of drug-likeness (QED) is 0.517. The number of nitrogens with zero attached hydrogens (tertiary/aromatic N) is 1. The summed E-state index contributed by atoms with van der Waals surface area (Å²) in [6.07, 6.45) is 0.839. The van der Waals surface area contributed by atoms with Crippen LogP contribution in [0, 0.1) is 0 Å². The molecule has 29 heavy (non-hydrogen) atoms. The van der Waals surface area contributed by atoms with E-state index in [9.17, 15) is 9.59 Å².